The second-order valence-electron chi connectivity index (χ2n) is 6.49. The molecule has 0 saturated heterocycles. The molecule has 140 valence electrons. The molecule has 0 saturated carbocycles. The predicted molar refractivity (Wildman–Crippen MR) is 96.0 cm³/mol. The molecule has 0 aliphatic rings. The van der Waals surface area contributed by atoms with Gasteiger partial charge in [0.15, 0.2) is 5.69 Å². The van der Waals surface area contributed by atoms with Gasteiger partial charge >= 0.3 is 12.1 Å². The summed E-state index contributed by atoms with van der Waals surface area (Å²) in [6.07, 6.45) is 1.32. The van der Waals surface area contributed by atoms with Crippen LogP contribution in [0.15, 0.2) is 22.8 Å². The number of carbonyl (C=O) groups excluding carboxylic acids is 1. The van der Waals surface area contributed by atoms with Gasteiger partial charge in [-0.1, -0.05) is 5.21 Å². The van der Waals surface area contributed by atoms with E-state index >= 15 is 0 Å². The molecule has 26 heavy (non-hydrogen) atoms. The van der Waals surface area contributed by atoms with Crippen LogP contribution >= 0.6 is 15.9 Å². The van der Waals surface area contributed by atoms with Gasteiger partial charge < -0.3 is 15.2 Å². The lowest BCUT2D eigenvalue weighted by atomic mass is 10.2. The van der Waals surface area contributed by atoms with Gasteiger partial charge in [0.1, 0.15) is 5.60 Å². The van der Waals surface area contributed by atoms with Gasteiger partial charge in [-0.05, 0) is 48.8 Å². The zero-order valence-electron chi connectivity index (χ0n) is 14.7. The molecule has 0 unspecified atom stereocenters. The number of pyridine rings is 1. The quantitative estimate of drug-likeness (QED) is 0.727. The fourth-order valence-electron chi connectivity index (χ4n) is 2.12. The van der Waals surface area contributed by atoms with Crippen molar-refractivity contribution in [2.75, 3.05) is 6.54 Å². The van der Waals surface area contributed by atoms with Gasteiger partial charge in [0.25, 0.3) is 0 Å². The summed E-state index contributed by atoms with van der Waals surface area (Å²) in [5.74, 6) is -1.17. The molecule has 0 spiro atoms. The van der Waals surface area contributed by atoms with Crippen LogP contribution in [-0.2, 0) is 17.7 Å². The Balaban J connectivity index is 2.08. The number of rotatable bonds is 6. The number of carboxylic acid groups (broad SMARTS) is 1. The van der Waals surface area contributed by atoms with Gasteiger partial charge in [0.05, 0.1) is 17.9 Å². The lowest BCUT2D eigenvalue weighted by Gasteiger charge is -2.19. The number of alkyl carbamates (subject to hydrolysis) is 1. The maximum Gasteiger partial charge on any atom is 0.407 e. The lowest BCUT2D eigenvalue weighted by Crippen LogP contribution is -2.34. The van der Waals surface area contributed by atoms with E-state index in [9.17, 15) is 14.7 Å². The van der Waals surface area contributed by atoms with E-state index in [0.29, 0.717) is 11.4 Å². The summed E-state index contributed by atoms with van der Waals surface area (Å²) in [7, 11) is 0. The van der Waals surface area contributed by atoms with E-state index in [1.165, 1.54) is 4.68 Å². The highest BCUT2D eigenvalue weighted by Crippen LogP contribution is 2.12. The number of halogens is 1. The first-order chi connectivity index (χ1) is 12.2. The molecule has 0 aliphatic carbocycles. The molecule has 10 heteroatoms. The van der Waals surface area contributed by atoms with E-state index in [4.69, 9.17) is 4.74 Å². The molecule has 0 radical (unpaired) electrons. The van der Waals surface area contributed by atoms with Gasteiger partial charge in [-0.15, -0.1) is 5.10 Å². The summed E-state index contributed by atoms with van der Waals surface area (Å²) in [4.78, 5) is 27.3. The normalized spacial score (nSPS) is 11.2. The highest BCUT2D eigenvalue weighted by Gasteiger charge is 2.20. The van der Waals surface area contributed by atoms with E-state index in [2.05, 4.69) is 36.5 Å². The zero-order chi connectivity index (χ0) is 19.3. The topological polar surface area (TPSA) is 119 Å². The van der Waals surface area contributed by atoms with Crippen LogP contribution in [-0.4, -0.2) is 49.3 Å². The number of nitrogens with zero attached hydrogens (tertiary/aromatic N) is 4. The molecule has 2 aromatic rings. The van der Waals surface area contributed by atoms with E-state index in [0.717, 1.165) is 4.47 Å². The fourth-order valence-corrected chi connectivity index (χ4v) is 2.36. The van der Waals surface area contributed by atoms with Crippen LogP contribution in [0.1, 0.15) is 42.6 Å². The average molecular weight is 426 g/mol. The number of carbonyl (C=O) groups is 2. The summed E-state index contributed by atoms with van der Waals surface area (Å²) in [5, 5.41) is 19.5. The minimum atomic E-state index is -1.17. The van der Waals surface area contributed by atoms with Crippen molar-refractivity contribution < 1.29 is 19.4 Å². The van der Waals surface area contributed by atoms with E-state index in [-0.39, 0.29) is 25.2 Å². The maximum atomic E-state index is 11.7. The van der Waals surface area contributed by atoms with Crippen LogP contribution in [0.4, 0.5) is 4.79 Å². The van der Waals surface area contributed by atoms with Crippen LogP contribution < -0.4 is 5.32 Å². The van der Waals surface area contributed by atoms with Crippen LogP contribution in [0.25, 0.3) is 0 Å². The van der Waals surface area contributed by atoms with E-state index < -0.39 is 17.7 Å². The minimum Gasteiger partial charge on any atom is -0.476 e. The average Bonchev–Trinajstić information content (AvgIpc) is 2.91. The third-order valence-electron chi connectivity index (χ3n) is 3.17. The van der Waals surface area contributed by atoms with Crippen LogP contribution in [0.5, 0.6) is 0 Å². The third-order valence-corrected chi connectivity index (χ3v) is 3.64. The molecule has 0 atom stereocenters. The molecule has 2 heterocycles. The van der Waals surface area contributed by atoms with Crippen molar-refractivity contribution in [3.8, 4) is 0 Å². The second kappa shape index (κ2) is 8.26. The smallest absolute Gasteiger partial charge is 0.407 e. The Morgan fingerprint density at radius 1 is 1.35 bits per heavy atom. The highest BCUT2D eigenvalue weighted by atomic mass is 79.9. The third kappa shape index (κ3) is 5.80. The fraction of sp³-hybridized carbons (Fsp3) is 0.438. The van der Waals surface area contributed by atoms with Crippen LogP contribution in [0.2, 0.25) is 0 Å². The predicted octanol–water partition coefficient (Wildman–Crippen LogP) is 2.25. The Bertz CT molecular complexity index is 783. The molecule has 0 fully saturated rings. The number of carboxylic acids is 1. The minimum absolute atomic E-state index is 0.145. The number of ether oxygens (including phenoxy) is 1. The van der Waals surface area contributed by atoms with Gasteiger partial charge in [0.2, 0.25) is 0 Å². The Morgan fingerprint density at radius 2 is 2.08 bits per heavy atom. The number of aromatic carboxylic acids is 1. The zero-order valence-corrected chi connectivity index (χ0v) is 16.3. The SMILES string of the molecule is CC(C)(C)OC(=O)NCCc1c(C(=O)O)nnn1Cc1ccc(Br)cn1. The van der Waals surface area contributed by atoms with Crippen molar-refractivity contribution in [1.82, 2.24) is 25.3 Å². The first-order valence-electron chi connectivity index (χ1n) is 7.88. The number of nitrogens with one attached hydrogen (secondary N) is 1. The summed E-state index contributed by atoms with van der Waals surface area (Å²) in [5.41, 5.74) is 0.357. The summed E-state index contributed by atoms with van der Waals surface area (Å²) in [6, 6.07) is 3.63. The Hall–Kier alpha value is -2.49. The summed E-state index contributed by atoms with van der Waals surface area (Å²) >= 11 is 3.31. The first kappa shape index (κ1) is 19.8. The molecule has 9 nitrogen and oxygen atoms in total. The van der Waals surface area contributed by atoms with Crippen molar-refractivity contribution >= 4 is 28.0 Å². The van der Waals surface area contributed by atoms with Crippen molar-refractivity contribution in [2.24, 2.45) is 0 Å². The number of aromatic nitrogens is 4. The second-order valence-corrected chi connectivity index (χ2v) is 7.41. The van der Waals surface area contributed by atoms with Crippen LogP contribution in [0.3, 0.4) is 0 Å². The van der Waals surface area contributed by atoms with Crippen LogP contribution in [0, 0.1) is 0 Å². The number of amides is 1. The molecule has 2 rings (SSSR count). The van der Waals surface area contributed by atoms with Gasteiger partial charge in [-0.25, -0.2) is 14.3 Å². The monoisotopic (exact) mass is 425 g/mol. The molecule has 2 N–H and O–H groups in total. The maximum absolute atomic E-state index is 11.7. The molecule has 0 aliphatic heterocycles. The lowest BCUT2D eigenvalue weighted by molar-refractivity contribution is 0.0528. The van der Waals surface area contributed by atoms with Crippen molar-refractivity contribution in [2.45, 2.75) is 39.3 Å². The molecule has 0 bridgehead atoms. The van der Waals surface area contributed by atoms with Crippen molar-refractivity contribution in [3.63, 3.8) is 0 Å². The molecule has 2 aromatic heterocycles. The highest BCUT2D eigenvalue weighted by molar-refractivity contribution is 9.10. The number of hydrogen-bond acceptors (Lipinski definition) is 6. The Morgan fingerprint density at radius 3 is 2.65 bits per heavy atom. The molecular formula is C16H20BrN5O4. The van der Waals surface area contributed by atoms with Gasteiger partial charge in [-0.2, -0.15) is 0 Å². The van der Waals surface area contributed by atoms with Crippen molar-refractivity contribution in [1.29, 1.82) is 0 Å². The van der Waals surface area contributed by atoms with E-state index in [1.807, 2.05) is 6.07 Å². The Labute approximate surface area is 158 Å². The first-order valence-corrected chi connectivity index (χ1v) is 8.68. The van der Waals surface area contributed by atoms with Crippen molar-refractivity contribution in [3.05, 3.63) is 39.9 Å². The number of hydrogen-bond donors (Lipinski definition) is 2. The Kier molecular flexibility index (Phi) is 6.30. The molecule has 0 aromatic carbocycles. The van der Waals surface area contributed by atoms with Gasteiger partial charge in [0, 0.05) is 23.6 Å². The molecule has 1 amide bonds. The standard InChI is InChI=1S/C16H20BrN5O4/c1-16(2,3)26-15(25)18-7-6-12-13(14(23)24)20-21-22(12)9-11-5-4-10(17)8-19-11/h4-5,8H,6-7,9H2,1-3H3,(H,18,25)(H,23,24). The summed E-state index contributed by atoms with van der Waals surface area (Å²) in [6.45, 7) is 5.75. The largest absolute Gasteiger partial charge is 0.476 e. The summed E-state index contributed by atoms with van der Waals surface area (Å²) < 4.78 is 7.46. The molecular weight excluding hydrogens is 406 g/mol. The van der Waals surface area contributed by atoms with E-state index in [1.54, 1.807) is 33.0 Å². The van der Waals surface area contributed by atoms with Gasteiger partial charge in [-0.3, -0.25) is 4.98 Å².